The van der Waals surface area contributed by atoms with E-state index >= 15 is 0 Å². The second kappa shape index (κ2) is 7.97. The quantitative estimate of drug-likeness (QED) is 0.713. The van der Waals surface area contributed by atoms with E-state index in [1.54, 1.807) is 11.0 Å². The van der Waals surface area contributed by atoms with Gasteiger partial charge in [0.25, 0.3) is 5.91 Å². The fourth-order valence-corrected chi connectivity index (χ4v) is 3.70. The summed E-state index contributed by atoms with van der Waals surface area (Å²) in [6.45, 7) is 1.92. The predicted molar refractivity (Wildman–Crippen MR) is 104 cm³/mol. The molecule has 0 spiro atoms. The second-order valence-electron chi connectivity index (χ2n) is 5.99. The minimum atomic E-state index is -0.846. The van der Waals surface area contributed by atoms with Crippen molar-refractivity contribution in [2.24, 2.45) is 5.73 Å². The molecule has 2 aromatic carbocycles. The van der Waals surface area contributed by atoms with Gasteiger partial charge in [0.1, 0.15) is 6.04 Å². The molecule has 3 rings (SSSR count). The summed E-state index contributed by atoms with van der Waals surface area (Å²) in [4.78, 5) is 27.8. The molecule has 132 valence electrons. The molecule has 4 nitrogen and oxygen atoms in total. The van der Waals surface area contributed by atoms with Gasteiger partial charge in [-0.15, -0.1) is 11.3 Å². The molecule has 0 aliphatic rings. The van der Waals surface area contributed by atoms with Gasteiger partial charge in [-0.2, -0.15) is 0 Å². The fourth-order valence-electron chi connectivity index (χ4n) is 3.03. The number of primary amides is 1. The van der Waals surface area contributed by atoms with Gasteiger partial charge in [-0.25, -0.2) is 0 Å². The number of nitrogens with zero attached hydrogens (tertiary/aromatic N) is 1. The van der Waals surface area contributed by atoms with E-state index in [-0.39, 0.29) is 11.9 Å². The summed E-state index contributed by atoms with van der Waals surface area (Å²) in [6, 6.07) is 21.3. The van der Waals surface area contributed by atoms with Gasteiger partial charge in [-0.05, 0) is 29.5 Å². The van der Waals surface area contributed by atoms with Gasteiger partial charge in [0.05, 0.1) is 10.9 Å². The molecule has 2 amide bonds. The van der Waals surface area contributed by atoms with Crippen molar-refractivity contribution in [1.29, 1.82) is 0 Å². The van der Waals surface area contributed by atoms with E-state index in [4.69, 9.17) is 5.73 Å². The van der Waals surface area contributed by atoms with E-state index in [0.717, 1.165) is 5.56 Å². The Hall–Kier alpha value is -2.92. The van der Waals surface area contributed by atoms with Crippen LogP contribution < -0.4 is 5.73 Å². The first-order valence-corrected chi connectivity index (χ1v) is 9.23. The summed E-state index contributed by atoms with van der Waals surface area (Å²) in [5.41, 5.74) is 7.39. The van der Waals surface area contributed by atoms with Crippen molar-refractivity contribution >= 4 is 23.2 Å². The second-order valence-corrected chi connectivity index (χ2v) is 6.94. The number of hydrogen-bond acceptors (Lipinski definition) is 3. The number of nitrogens with two attached hydrogens (primary N) is 1. The molecule has 3 aromatic rings. The zero-order chi connectivity index (χ0) is 18.5. The van der Waals surface area contributed by atoms with Crippen LogP contribution >= 0.6 is 11.3 Å². The summed E-state index contributed by atoms with van der Waals surface area (Å²) in [5, 5.41) is 1.85. The van der Waals surface area contributed by atoms with Gasteiger partial charge in [0.15, 0.2) is 0 Å². The van der Waals surface area contributed by atoms with E-state index in [9.17, 15) is 9.59 Å². The van der Waals surface area contributed by atoms with Gasteiger partial charge in [0.2, 0.25) is 5.91 Å². The van der Waals surface area contributed by atoms with Crippen molar-refractivity contribution < 1.29 is 9.59 Å². The van der Waals surface area contributed by atoms with Crippen LogP contribution in [0.4, 0.5) is 0 Å². The molecule has 0 saturated heterocycles. The third kappa shape index (κ3) is 3.68. The first-order chi connectivity index (χ1) is 12.6. The summed E-state index contributed by atoms with van der Waals surface area (Å²) in [6.07, 6.45) is 0. The number of benzene rings is 2. The van der Waals surface area contributed by atoms with Crippen LogP contribution in [0.15, 0.2) is 78.2 Å². The molecule has 1 heterocycles. The monoisotopic (exact) mass is 364 g/mol. The van der Waals surface area contributed by atoms with Crippen molar-refractivity contribution in [2.75, 3.05) is 0 Å². The first kappa shape index (κ1) is 17.9. The lowest BCUT2D eigenvalue weighted by Crippen LogP contribution is -2.43. The fraction of sp³-hybridized carbons (Fsp3) is 0.143. The molecule has 5 heteroatoms. The molecule has 0 saturated carbocycles. The molecule has 26 heavy (non-hydrogen) atoms. The predicted octanol–water partition coefficient (Wildman–Crippen LogP) is 4.18. The van der Waals surface area contributed by atoms with Crippen LogP contribution in [0.2, 0.25) is 0 Å². The highest BCUT2D eigenvalue weighted by molar-refractivity contribution is 7.12. The highest BCUT2D eigenvalue weighted by Crippen LogP contribution is 2.33. The van der Waals surface area contributed by atoms with Crippen LogP contribution in [-0.4, -0.2) is 16.7 Å². The summed E-state index contributed by atoms with van der Waals surface area (Å²) < 4.78 is 0. The molecule has 0 bridgehead atoms. The van der Waals surface area contributed by atoms with Crippen LogP contribution in [0.5, 0.6) is 0 Å². The Morgan fingerprint density at radius 1 is 0.885 bits per heavy atom. The first-order valence-electron chi connectivity index (χ1n) is 8.35. The summed E-state index contributed by atoms with van der Waals surface area (Å²) in [7, 11) is 0. The van der Waals surface area contributed by atoms with Gasteiger partial charge in [-0.3, -0.25) is 9.59 Å². The minimum Gasteiger partial charge on any atom is -0.368 e. The Kier molecular flexibility index (Phi) is 5.49. The normalized spacial score (nSPS) is 13.0. The maximum absolute atomic E-state index is 13.3. The summed E-state index contributed by atoms with van der Waals surface area (Å²) >= 11 is 1.35. The highest BCUT2D eigenvalue weighted by atomic mass is 32.1. The molecule has 0 unspecified atom stereocenters. The maximum Gasteiger partial charge on any atom is 0.265 e. The smallest absolute Gasteiger partial charge is 0.265 e. The molecular weight excluding hydrogens is 344 g/mol. The van der Waals surface area contributed by atoms with E-state index in [0.29, 0.717) is 10.4 Å². The van der Waals surface area contributed by atoms with Crippen molar-refractivity contribution in [3.8, 4) is 0 Å². The molecule has 2 atom stereocenters. The van der Waals surface area contributed by atoms with Crippen LogP contribution in [0.25, 0.3) is 0 Å². The van der Waals surface area contributed by atoms with Gasteiger partial charge in [-0.1, -0.05) is 66.7 Å². The molecule has 0 radical (unpaired) electrons. The molecule has 0 fully saturated rings. The Balaban J connectivity index is 2.09. The van der Waals surface area contributed by atoms with Crippen molar-refractivity contribution in [1.82, 2.24) is 4.90 Å². The van der Waals surface area contributed by atoms with Gasteiger partial charge < -0.3 is 10.6 Å². The van der Waals surface area contributed by atoms with Crippen molar-refractivity contribution in [2.45, 2.75) is 19.0 Å². The van der Waals surface area contributed by atoms with Crippen molar-refractivity contribution in [3.05, 3.63) is 94.2 Å². The number of hydrogen-bond donors (Lipinski definition) is 1. The standard InChI is InChI=1S/C21H20N2O2S/c1-15(16-9-4-2-5-10-16)23(21(25)18-13-8-14-26-18)19(20(22)24)17-11-6-3-7-12-17/h2-15,19H,1H3,(H2,22,24)/t15-,19+/m1/s1. The topological polar surface area (TPSA) is 63.4 Å². The van der Waals surface area contributed by atoms with Gasteiger partial charge in [0, 0.05) is 0 Å². The zero-order valence-electron chi connectivity index (χ0n) is 14.4. The Labute approximate surface area is 156 Å². The molecular formula is C21H20N2O2S. The SMILES string of the molecule is C[C@H](c1ccccc1)N(C(=O)c1cccs1)[C@H](C(N)=O)c1ccccc1. The number of carbonyl (C=O) groups is 2. The largest absolute Gasteiger partial charge is 0.368 e. The number of carbonyl (C=O) groups excluding carboxylic acids is 2. The van der Waals surface area contributed by atoms with Gasteiger partial charge >= 0.3 is 0 Å². The lowest BCUT2D eigenvalue weighted by molar-refractivity contribution is -0.123. The lowest BCUT2D eigenvalue weighted by Gasteiger charge is -2.35. The Bertz CT molecular complexity index is 864. The van der Waals surface area contributed by atoms with E-state index < -0.39 is 11.9 Å². The number of rotatable bonds is 6. The number of amides is 2. The average Bonchev–Trinajstić information content (AvgIpc) is 3.21. The van der Waals surface area contributed by atoms with E-state index in [1.807, 2.05) is 79.0 Å². The molecule has 0 aliphatic heterocycles. The Morgan fingerprint density at radius 3 is 1.96 bits per heavy atom. The van der Waals surface area contributed by atoms with Crippen LogP contribution in [0.3, 0.4) is 0 Å². The van der Waals surface area contributed by atoms with Crippen LogP contribution in [0, 0.1) is 0 Å². The zero-order valence-corrected chi connectivity index (χ0v) is 15.2. The summed E-state index contributed by atoms with van der Waals surface area (Å²) in [5.74, 6) is -0.757. The molecule has 2 N–H and O–H groups in total. The number of thiophene rings is 1. The van der Waals surface area contributed by atoms with Crippen molar-refractivity contribution in [3.63, 3.8) is 0 Å². The molecule has 0 aliphatic carbocycles. The minimum absolute atomic E-state index is 0.205. The average molecular weight is 364 g/mol. The highest BCUT2D eigenvalue weighted by Gasteiger charge is 2.34. The molecule has 1 aromatic heterocycles. The third-order valence-electron chi connectivity index (χ3n) is 4.33. The van der Waals surface area contributed by atoms with E-state index in [1.165, 1.54) is 11.3 Å². The maximum atomic E-state index is 13.3. The third-order valence-corrected chi connectivity index (χ3v) is 5.19. The Morgan fingerprint density at radius 2 is 1.46 bits per heavy atom. The lowest BCUT2D eigenvalue weighted by atomic mass is 9.99. The van der Waals surface area contributed by atoms with E-state index in [2.05, 4.69) is 0 Å². The van der Waals surface area contributed by atoms with Crippen LogP contribution in [0.1, 0.15) is 39.8 Å². The van der Waals surface area contributed by atoms with Crippen LogP contribution in [-0.2, 0) is 4.79 Å².